The molecule has 0 saturated carbocycles. The maximum atomic E-state index is 5.28. The van der Waals surface area contributed by atoms with Crippen LogP contribution < -0.4 is 5.32 Å². The average molecular weight is 256 g/mol. The fourth-order valence-electron chi connectivity index (χ4n) is 2.59. The minimum Gasteiger partial charge on any atom is -0.380 e. The van der Waals surface area contributed by atoms with Crippen LogP contribution in [0.4, 0.5) is 0 Å². The second kappa shape index (κ2) is 4.91. The summed E-state index contributed by atoms with van der Waals surface area (Å²) >= 11 is 0. The fraction of sp³-hybridized carbons (Fsp3) is 0.438. The Balaban J connectivity index is 1.76. The number of pyridine rings is 1. The van der Waals surface area contributed by atoms with Crippen molar-refractivity contribution in [2.75, 3.05) is 19.8 Å². The van der Waals surface area contributed by atoms with E-state index in [-0.39, 0.29) is 0 Å². The van der Waals surface area contributed by atoms with Crippen molar-refractivity contribution in [3.05, 3.63) is 41.6 Å². The van der Waals surface area contributed by atoms with Gasteiger partial charge in [0.1, 0.15) is 0 Å². The minimum atomic E-state index is 0.317. The van der Waals surface area contributed by atoms with Crippen molar-refractivity contribution >= 4 is 10.9 Å². The van der Waals surface area contributed by atoms with Crippen molar-refractivity contribution in [1.29, 1.82) is 0 Å². The SMILES string of the molecule is Cc1cc(CNCC2(C)COC2)c2ccccc2n1. The Bertz CT molecular complexity index is 590. The van der Waals surface area contributed by atoms with Gasteiger partial charge in [0, 0.05) is 29.6 Å². The van der Waals surface area contributed by atoms with Crippen LogP contribution in [0, 0.1) is 12.3 Å². The lowest BCUT2D eigenvalue weighted by Crippen LogP contribution is -2.47. The number of hydrogen-bond donors (Lipinski definition) is 1. The van der Waals surface area contributed by atoms with Crippen LogP contribution in [0.25, 0.3) is 10.9 Å². The van der Waals surface area contributed by atoms with E-state index in [9.17, 15) is 0 Å². The number of hydrogen-bond acceptors (Lipinski definition) is 3. The van der Waals surface area contributed by atoms with E-state index in [4.69, 9.17) is 4.74 Å². The van der Waals surface area contributed by atoms with Gasteiger partial charge in [-0.1, -0.05) is 25.1 Å². The second-order valence-electron chi connectivity index (χ2n) is 5.85. The lowest BCUT2D eigenvalue weighted by atomic mass is 9.88. The third-order valence-electron chi connectivity index (χ3n) is 3.70. The van der Waals surface area contributed by atoms with E-state index in [1.807, 2.05) is 6.07 Å². The van der Waals surface area contributed by atoms with Gasteiger partial charge in [0.15, 0.2) is 0 Å². The van der Waals surface area contributed by atoms with Gasteiger partial charge in [0.05, 0.1) is 18.7 Å². The predicted octanol–water partition coefficient (Wildman–Crippen LogP) is 2.67. The summed E-state index contributed by atoms with van der Waals surface area (Å²) in [4.78, 5) is 4.57. The molecule has 0 amide bonds. The maximum absolute atomic E-state index is 5.28. The van der Waals surface area contributed by atoms with Crippen molar-refractivity contribution in [2.24, 2.45) is 5.41 Å². The first-order chi connectivity index (χ1) is 9.16. The molecule has 1 aliphatic heterocycles. The fourth-order valence-corrected chi connectivity index (χ4v) is 2.59. The van der Waals surface area contributed by atoms with Gasteiger partial charge in [-0.2, -0.15) is 0 Å². The van der Waals surface area contributed by atoms with Gasteiger partial charge >= 0.3 is 0 Å². The molecule has 0 aliphatic carbocycles. The summed E-state index contributed by atoms with van der Waals surface area (Å²) in [6, 6.07) is 10.5. The van der Waals surface area contributed by atoms with Gasteiger partial charge in [0.2, 0.25) is 0 Å². The highest BCUT2D eigenvalue weighted by Crippen LogP contribution is 2.25. The third kappa shape index (κ3) is 2.62. The quantitative estimate of drug-likeness (QED) is 0.913. The largest absolute Gasteiger partial charge is 0.380 e. The van der Waals surface area contributed by atoms with Crippen LogP contribution in [0.3, 0.4) is 0 Å². The molecule has 3 heteroatoms. The summed E-state index contributed by atoms with van der Waals surface area (Å²) in [5.41, 5.74) is 3.80. The Morgan fingerprint density at radius 2 is 2.11 bits per heavy atom. The zero-order valence-electron chi connectivity index (χ0n) is 11.6. The first-order valence-electron chi connectivity index (χ1n) is 6.80. The van der Waals surface area contributed by atoms with Crippen LogP contribution in [-0.2, 0) is 11.3 Å². The first kappa shape index (κ1) is 12.6. The zero-order chi connectivity index (χ0) is 13.3. The van der Waals surface area contributed by atoms with Crippen molar-refractivity contribution in [2.45, 2.75) is 20.4 Å². The van der Waals surface area contributed by atoms with E-state index < -0.39 is 0 Å². The molecule has 1 saturated heterocycles. The monoisotopic (exact) mass is 256 g/mol. The molecule has 1 aromatic heterocycles. The molecule has 0 atom stereocenters. The lowest BCUT2D eigenvalue weighted by molar-refractivity contribution is -0.0991. The molecular weight excluding hydrogens is 236 g/mol. The normalized spacial score (nSPS) is 17.4. The molecule has 1 aliphatic rings. The zero-order valence-corrected chi connectivity index (χ0v) is 11.6. The Hall–Kier alpha value is -1.45. The topological polar surface area (TPSA) is 34.1 Å². The number of para-hydroxylation sites is 1. The number of benzene rings is 1. The van der Waals surface area contributed by atoms with Crippen LogP contribution in [0.5, 0.6) is 0 Å². The van der Waals surface area contributed by atoms with Crippen LogP contribution in [0.1, 0.15) is 18.2 Å². The van der Waals surface area contributed by atoms with Gasteiger partial charge in [-0.15, -0.1) is 0 Å². The second-order valence-corrected chi connectivity index (χ2v) is 5.85. The van der Waals surface area contributed by atoms with Crippen LogP contribution in [0.15, 0.2) is 30.3 Å². The Kier molecular flexibility index (Phi) is 3.25. The number of rotatable bonds is 4. The maximum Gasteiger partial charge on any atom is 0.0708 e. The molecule has 1 fully saturated rings. The molecule has 100 valence electrons. The van der Waals surface area contributed by atoms with Gasteiger partial charge < -0.3 is 10.1 Å². The highest BCUT2D eigenvalue weighted by molar-refractivity contribution is 5.82. The number of nitrogens with one attached hydrogen (secondary N) is 1. The predicted molar refractivity (Wildman–Crippen MR) is 77.1 cm³/mol. The summed E-state index contributed by atoms with van der Waals surface area (Å²) in [7, 11) is 0. The molecule has 3 rings (SSSR count). The standard InChI is InChI=1S/C16H20N2O/c1-12-7-13(8-17-9-16(2)10-19-11-16)14-5-3-4-6-15(14)18-12/h3-7,17H,8-11H2,1-2H3. The highest BCUT2D eigenvalue weighted by Gasteiger charge is 2.32. The smallest absolute Gasteiger partial charge is 0.0708 e. The molecule has 0 radical (unpaired) electrons. The van der Waals surface area contributed by atoms with E-state index >= 15 is 0 Å². The van der Waals surface area contributed by atoms with Gasteiger partial charge in [-0.05, 0) is 24.6 Å². The highest BCUT2D eigenvalue weighted by atomic mass is 16.5. The molecular formula is C16H20N2O. The van der Waals surface area contributed by atoms with Crippen LogP contribution >= 0.6 is 0 Å². The Labute approximate surface area is 114 Å². The van der Waals surface area contributed by atoms with E-state index in [0.717, 1.165) is 37.5 Å². The summed E-state index contributed by atoms with van der Waals surface area (Å²) in [5, 5.41) is 4.80. The summed E-state index contributed by atoms with van der Waals surface area (Å²) < 4.78 is 5.28. The molecule has 0 bridgehead atoms. The molecule has 0 unspecified atom stereocenters. The molecule has 2 aromatic rings. The van der Waals surface area contributed by atoms with Crippen molar-refractivity contribution in [3.63, 3.8) is 0 Å². The number of nitrogens with zero attached hydrogens (tertiary/aromatic N) is 1. The number of aryl methyl sites for hydroxylation is 1. The molecule has 19 heavy (non-hydrogen) atoms. The van der Waals surface area contributed by atoms with E-state index in [1.54, 1.807) is 0 Å². The van der Waals surface area contributed by atoms with E-state index in [1.165, 1.54) is 10.9 Å². The van der Waals surface area contributed by atoms with E-state index in [0.29, 0.717) is 5.41 Å². The Morgan fingerprint density at radius 1 is 1.32 bits per heavy atom. The van der Waals surface area contributed by atoms with Gasteiger partial charge in [-0.25, -0.2) is 0 Å². The molecule has 0 spiro atoms. The summed E-state index contributed by atoms with van der Waals surface area (Å²) in [6.45, 7) is 7.95. The molecule has 1 N–H and O–H groups in total. The Morgan fingerprint density at radius 3 is 2.84 bits per heavy atom. The molecule has 2 heterocycles. The van der Waals surface area contributed by atoms with Crippen molar-refractivity contribution in [1.82, 2.24) is 10.3 Å². The number of fused-ring (bicyclic) bond motifs is 1. The summed E-state index contributed by atoms with van der Waals surface area (Å²) in [6.07, 6.45) is 0. The van der Waals surface area contributed by atoms with Crippen molar-refractivity contribution in [3.8, 4) is 0 Å². The number of ether oxygens (including phenoxy) is 1. The summed E-state index contributed by atoms with van der Waals surface area (Å²) in [5.74, 6) is 0. The molecule has 3 nitrogen and oxygen atoms in total. The lowest BCUT2D eigenvalue weighted by Gasteiger charge is -2.38. The van der Waals surface area contributed by atoms with Crippen molar-refractivity contribution < 1.29 is 4.74 Å². The molecule has 1 aromatic carbocycles. The van der Waals surface area contributed by atoms with Gasteiger partial charge in [0.25, 0.3) is 0 Å². The van der Waals surface area contributed by atoms with E-state index in [2.05, 4.69) is 48.4 Å². The average Bonchev–Trinajstić information content (AvgIpc) is 2.36. The van der Waals surface area contributed by atoms with Crippen LogP contribution in [0.2, 0.25) is 0 Å². The third-order valence-corrected chi connectivity index (χ3v) is 3.70. The van der Waals surface area contributed by atoms with Gasteiger partial charge in [-0.3, -0.25) is 4.98 Å². The van der Waals surface area contributed by atoms with Crippen LogP contribution in [-0.4, -0.2) is 24.7 Å². The minimum absolute atomic E-state index is 0.317. The first-order valence-corrected chi connectivity index (χ1v) is 6.80. The number of aromatic nitrogens is 1.